The Morgan fingerprint density at radius 3 is 2.70 bits per heavy atom. The largest absolute Gasteiger partial charge is 0.350 e. The molecule has 2 aromatic heterocycles. The molecule has 0 spiro atoms. The average Bonchev–Trinajstić information content (AvgIpc) is 3.11. The Morgan fingerprint density at radius 2 is 2.00 bits per heavy atom. The van der Waals surface area contributed by atoms with Crippen LogP contribution in [-0.2, 0) is 24.4 Å². The van der Waals surface area contributed by atoms with Crippen molar-refractivity contribution < 1.29 is 14.0 Å². The number of fused-ring (bicyclic) bond motifs is 1. The second-order valence-corrected chi connectivity index (χ2v) is 7.66. The van der Waals surface area contributed by atoms with Crippen LogP contribution < -0.4 is 5.32 Å². The molecule has 1 aromatic carbocycles. The van der Waals surface area contributed by atoms with E-state index in [2.05, 4.69) is 15.4 Å². The van der Waals surface area contributed by atoms with Gasteiger partial charge in [0.2, 0.25) is 5.91 Å². The number of amides is 2. The Bertz CT molecular complexity index is 1080. The lowest BCUT2D eigenvalue weighted by Gasteiger charge is -2.43. The number of nitrogens with zero attached hydrogens (tertiary/aromatic N) is 4. The number of carbonyl (C=O) groups is 2. The molecule has 0 bridgehead atoms. The normalized spacial score (nSPS) is 18.2. The molecule has 4 rings (SSSR count). The Labute approximate surface area is 173 Å². The van der Waals surface area contributed by atoms with Crippen molar-refractivity contribution in [3.05, 3.63) is 83.2 Å². The van der Waals surface area contributed by atoms with Gasteiger partial charge in [0.25, 0.3) is 5.91 Å². The third-order valence-corrected chi connectivity index (χ3v) is 5.34. The molecule has 1 aliphatic rings. The molecule has 3 aromatic rings. The minimum absolute atomic E-state index is 0.231. The Balaban J connectivity index is 1.63. The highest BCUT2D eigenvalue weighted by Crippen LogP contribution is 2.29. The van der Waals surface area contributed by atoms with Crippen LogP contribution in [0.15, 0.2) is 54.9 Å². The number of hydrogen-bond acceptors (Lipinski definition) is 4. The summed E-state index contributed by atoms with van der Waals surface area (Å²) in [6, 6.07) is 11.3. The molecule has 1 aliphatic heterocycles. The van der Waals surface area contributed by atoms with Gasteiger partial charge in [-0.25, -0.2) is 4.39 Å². The maximum absolute atomic E-state index is 13.3. The topological polar surface area (TPSA) is 80.1 Å². The van der Waals surface area contributed by atoms with Gasteiger partial charge in [-0.3, -0.25) is 19.3 Å². The minimum atomic E-state index is -1.15. The molecule has 7 nitrogen and oxygen atoms in total. The number of pyridine rings is 1. The van der Waals surface area contributed by atoms with E-state index in [1.54, 1.807) is 53.2 Å². The molecule has 0 fully saturated rings. The minimum Gasteiger partial charge on any atom is -0.350 e. The highest BCUT2D eigenvalue weighted by atomic mass is 19.1. The maximum Gasteiger partial charge on any atom is 0.273 e. The number of hydrogen-bond donors (Lipinski definition) is 1. The van der Waals surface area contributed by atoms with E-state index in [0.717, 1.165) is 16.8 Å². The van der Waals surface area contributed by atoms with E-state index in [0.29, 0.717) is 5.69 Å². The van der Waals surface area contributed by atoms with E-state index in [4.69, 9.17) is 0 Å². The third kappa shape index (κ3) is 3.68. The van der Waals surface area contributed by atoms with Gasteiger partial charge in [-0.1, -0.05) is 18.2 Å². The Morgan fingerprint density at radius 1 is 1.23 bits per heavy atom. The molecule has 154 valence electrons. The number of halogens is 1. The summed E-state index contributed by atoms with van der Waals surface area (Å²) in [5.74, 6) is -0.896. The molecule has 0 saturated carbocycles. The lowest BCUT2D eigenvalue weighted by molar-refractivity contribution is -0.133. The molecule has 0 aliphatic carbocycles. The Kier molecular flexibility index (Phi) is 5.07. The summed E-state index contributed by atoms with van der Waals surface area (Å²) in [7, 11) is 0. The fourth-order valence-corrected chi connectivity index (χ4v) is 3.67. The fraction of sp³-hybridized carbons (Fsp3) is 0.273. The van der Waals surface area contributed by atoms with Gasteiger partial charge in [-0.05, 0) is 49.2 Å². The molecule has 2 amide bonds. The predicted octanol–water partition coefficient (Wildman–Crippen LogP) is 2.46. The molecular formula is C22H22FN5O2. The summed E-state index contributed by atoms with van der Waals surface area (Å²) in [6.45, 7) is 4.26. The first kappa shape index (κ1) is 19.8. The van der Waals surface area contributed by atoms with Crippen molar-refractivity contribution in [1.82, 2.24) is 25.0 Å². The smallest absolute Gasteiger partial charge is 0.273 e. The number of rotatable bonds is 5. The highest BCUT2D eigenvalue weighted by molar-refractivity contribution is 5.99. The van der Waals surface area contributed by atoms with Gasteiger partial charge in [-0.15, -0.1) is 0 Å². The van der Waals surface area contributed by atoms with Crippen molar-refractivity contribution in [1.29, 1.82) is 0 Å². The van der Waals surface area contributed by atoms with Crippen molar-refractivity contribution in [3.8, 4) is 0 Å². The molecule has 0 saturated heterocycles. The zero-order chi connectivity index (χ0) is 21.3. The van der Waals surface area contributed by atoms with Crippen LogP contribution >= 0.6 is 0 Å². The lowest BCUT2D eigenvalue weighted by atomic mass is 9.94. The number of nitrogens with one attached hydrogen (secondary N) is 1. The summed E-state index contributed by atoms with van der Waals surface area (Å²) in [4.78, 5) is 32.3. The Hall–Kier alpha value is -3.55. The molecule has 1 atom stereocenters. The van der Waals surface area contributed by atoms with Crippen molar-refractivity contribution in [3.63, 3.8) is 0 Å². The monoisotopic (exact) mass is 407 g/mol. The summed E-state index contributed by atoms with van der Waals surface area (Å²) >= 11 is 0. The van der Waals surface area contributed by atoms with Crippen LogP contribution in [0.5, 0.6) is 0 Å². The van der Waals surface area contributed by atoms with Gasteiger partial charge in [-0.2, -0.15) is 5.10 Å². The fourth-order valence-electron chi connectivity index (χ4n) is 3.67. The van der Waals surface area contributed by atoms with Crippen LogP contribution in [0, 0.1) is 12.7 Å². The first-order valence-corrected chi connectivity index (χ1v) is 9.65. The quantitative estimate of drug-likeness (QED) is 0.705. The molecular weight excluding hydrogens is 385 g/mol. The van der Waals surface area contributed by atoms with Crippen molar-refractivity contribution in [2.45, 2.75) is 39.0 Å². The summed E-state index contributed by atoms with van der Waals surface area (Å²) < 4.78 is 14.7. The van der Waals surface area contributed by atoms with Crippen LogP contribution in [0.3, 0.4) is 0 Å². The standard InChI is InChI=1S/C22H22FN5O2/c1-15-10-19-20(29)27(13-17-4-3-9-24-11-17)22(2,14-28(19)26-15)21(30)25-12-16-5-7-18(23)8-6-16/h3-11H,12-14H2,1-2H3,(H,25,30). The molecule has 8 heteroatoms. The number of aryl methyl sites for hydroxylation is 1. The summed E-state index contributed by atoms with van der Waals surface area (Å²) in [5.41, 5.74) is 1.62. The second-order valence-electron chi connectivity index (χ2n) is 7.66. The van der Waals surface area contributed by atoms with E-state index < -0.39 is 5.54 Å². The lowest BCUT2D eigenvalue weighted by Crippen LogP contribution is -2.63. The van der Waals surface area contributed by atoms with Crippen molar-refractivity contribution in [2.75, 3.05) is 0 Å². The van der Waals surface area contributed by atoms with Gasteiger partial charge in [0.05, 0.1) is 12.2 Å². The van der Waals surface area contributed by atoms with E-state index >= 15 is 0 Å². The first-order chi connectivity index (χ1) is 14.4. The van der Waals surface area contributed by atoms with Crippen LogP contribution in [-0.4, -0.2) is 37.0 Å². The highest BCUT2D eigenvalue weighted by Gasteiger charge is 2.47. The SMILES string of the molecule is Cc1cc2n(n1)CC(C)(C(=O)NCc1ccc(F)cc1)N(Cc1cccnc1)C2=O. The molecule has 30 heavy (non-hydrogen) atoms. The molecule has 1 N–H and O–H groups in total. The van der Waals surface area contributed by atoms with Gasteiger partial charge in [0.15, 0.2) is 0 Å². The molecule has 0 radical (unpaired) electrons. The van der Waals surface area contributed by atoms with E-state index in [1.165, 1.54) is 12.1 Å². The predicted molar refractivity (Wildman–Crippen MR) is 108 cm³/mol. The van der Waals surface area contributed by atoms with Gasteiger partial charge in [0.1, 0.15) is 17.1 Å². The average molecular weight is 407 g/mol. The van der Waals surface area contributed by atoms with Crippen LogP contribution in [0.2, 0.25) is 0 Å². The zero-order valence-corrected chi connectivity index (χ0v) is 16.8. The van der Waals surface area contributed by atoms with E-state index in [9.17, 15) is 14.0 Å². The molecule has 3 heterocycles. The number of aromatic nitrogens is 3. The maximum atomic E-state index is 13.3. The second kappa shape index (κ2) is 7.70. The number of benzene rings is 1. The van der Waals surface area contributed by atoms with Crippen LogP contribution in [0.25, 0.3) is 0 Å². The van der Waals surface area contributed by atoms with Crippen LogP contribution in [0.4, 0.5) is 4.39 Å². The van der Waals surface area contributed by atoms with Crippen molar-refractivity contribution >= 4 is 11.8 Å². The van der Waals surface area contributed by atoms with E-state index in [-0.39, 0.29) is 37.3 Å². The number of carbonyl (C=O) groups excluding carboxylic acids is 2. The summed E-state index contributed by atoms with van der Waals surface area (Å²) in [5, 5.41) is 7.27. The zero-order valence-electron chi connectivity index (χ0n) is 16.8. The first-order valence-electron chi connectivity index (χ1n) is 9.65. The summed E-state index contributed by atoms with van der Waals surface area (Å²) in [6.07, 6.45) is 3.34. The van der Waals surface area contributed by atoms with Gasteiger partial charge in [0, 0.05) is 25.5 Å². The van der Waals surface area contributed by atoms with Gasteiger partial charge < -0.3 is 10.2 Å². The van der Waals surface area contributed by atoms with Crippen LogP contribution in [0.1, 0.15) is 34.2 Å². The van der Waals surface area contributed by atoms with E-state index in [1.807, 2.05) is 13.0 Å². The van der Waals surface area contributed by atoms with Gasteiger partial charge >= 0.3 is 0 Å². The van der Waals surface area contributed by atoms with Crippen molar-refractivity contribution in [2.24, 2.45) is 0 Å². The third-order valence-electron chi connectivity index (χ3n) is 5.34. The molecule has 1 unspecified atom stereocenters.